The number of alkyl halides is 3. The predicted octanol–water partition coefficient (Wildman–Crippen LogP) is 5.17. The van der Waals surface area contributed by atoms with Crippen LogP contribution >= 0.6 is 0 Å². The number of aryl methyl sites for hydroxylation is 1. The fraction of sp³-hybridized carbons (Fsp3) is 0.208. The summed E-state index contributed by atoms with van der Waals surface area (Å²) in [5.74, 6) is 0.215. The molecule has 36 heavy (non-hydrogen) atoms. The Morgan fingerprint density at radius 3 is 2.50 bits per heavy atom. The van der Waals surface area contributed by atoms with Crippen LogP contribution in [0, 0.1) is 6.92 Å². The highest BCUT2D eigenvalue weighted by molar-refractivity contribution is 7.92. The molecule has 0 unspecified atom stereocenters. The first-order valence-electron chi connectivity index (χ1n) is 10.8. The number of aromatic nitrogens is 3. The first-order chi connectivity index (χ1) is 17.1. The van der Waals surface area contributed by atoms with Gasteiger partial charge in [0.25, 0.3) is 10.0 Å². The molecule has 1 atom stereocenters. The summed E-state index contributed by atoms with van der Waals surface area (Å²) in [5.41, 5.74) is 1.03. The number of ether oxygens (including phenoxy) is 1. The summed E-state index contributed by atoms with van der Waals surface area (Å²) in [6, 6.07) is 9.48. The number of oxazole rings is 1. The van der Waals surface area contributed by atoms with E-state index in [-0.39, 0.29) is 29.1 Å². The van der Waals surface area contributed by atoms with Gasteiger partial charge < -0.3 is 9.15 Å². The van der Waals surface area contributed by atoms with Gasteiger partial charge in [0.2, 0.25) is 5.95 Å². The molecule has 12 heteroatoms. The molecule has 0 fully saturated rings. The highest BCUT2D eigenvalue weighted by Crippen LogP contribution is 2.44. The highest BCUT2D eigenvalue weighted by Gasteiger charge is 2.34. The van der Waals surface area contributed by atoms with Crippen LogP contribution < -0.4 is 9.46 Å². The number of fused-ring (bicyclic) bond motifs is 1. The lowest BCUT2D eigenvalue weighted by Crippen LogP contribution is -2.19. The van der Waals surface area contributed by atoms with Crippen molar-refractivity contribution in [1.29, 1.82) is 0 Å². The number of nitrogens with one attached hydrogen (secondary N) is 1. The molecule has 5 rings (SSSR count). The number of rotatable bonds is 5. The van der Waals surface area contributed by atoms with Gasteiger partial charge >= 0.3 is 6.18 Å². The van der Waals surface area contributed by atoms with Gasteiger partial charge in [-0.2, -0.15) is 13.2 Å². The van der Waals surface area contributed by atoms with Gasteiger partial charge in [0.1, 0.15) is 17.7 Å². The van der Waals surface area contributed by atoms with E-state index < -0.39 is 21.8 Å². The van der Waals surface area contributed by atoms with Crippen molar-refractivity contribution in [2.45, 2.75) is 30.3 Å². The molecule has 0 bridgehead atoms. The zero-order valence-corrected chi connectivity index (χ0v) is 19.6. The first-order valence-corrected chi connectivity index (χ1v) is 12.3. The van der Waals surface area contributed by atoms with E-state index in [0.29, 0.717) is 34.8 Å². The maximum atomic E-state index is 13.5. The van der Waals surface area contributed by atoms with Gasteiger partial charge in [0.05, 0.1) is 17.1 Å². The Morgan fingerprint density at radius 1 is 1.06 bits per heavy atom. The lowest BCUT2D eigenvalue weighted by atomic mass is 9.83. The van der Waals surface area contributed by atoms with Gasteiger partial charge in [0.15, 0.2) is 5.89 Å². The van der Waals surface area contributed by atoms with Crippen LogP contribution in [0.25, 0.3) is 11.3 Å². The Balaban J connectivity index is 1.55. The minimum Gasteiger partial charge on any atom is -0.493 e. The molecule has 0 aliphatic carbocycles. The third-order valence-electron chi connectivity index (χ3n) is 5.78. The number of nitrogens with zero attached hydrogens (tertiary/aromatic N) is 3. The maximum Gasteiger partial charge on any atom is 0.416 e. The van der Waals surface area contributed by atoms with Crippen molar-refractivity contribution in [2.24, 2.45) is 0 Å². The van der Waals surface area contributed by atoms with Crippen LogP contribution in [0.3, 0.4) is 0 Å². The topological polar surface area (TPSA) is 107 Å². The van der Waals surface area contributed by atoms with Gasteiger partial charge in [0, 0.05) is 42.4 Å². The molecular formula is C24H19F3N4O4S. The van der Waals surface area contributed by atoms with E-state index in [2.05, 4.69) is 19.7 Å². The van der Waals surface area contributed by atoms with Crippen molar-refractivity contribution in [2.75, 3.05) is 11.3 Å². The normalized spacial score (nSPS) is 15.7. The van der Waals surface area contributed by atoms with Gasteiger partial charge in [-0.15, -0.1) is 0 Å². The van der Waals surface area contributed by atoms with Gasteiger partial charge in [-0.25, -0.2) is 28.1 Å². The molecule has 2 aromatic carbocycles. The lowest BCUT2D eigenvalue weighted by molar-refractivity contribution is -0.137. The Kier molecular flexibility index (Phi) is 5.91. The third-order valence-corrected chi connectivity index (χ3v) is 7.10. The van der Waals surface area contributed by atoms with E-state index >= 15 is 0 Å². The molecule has 0 radical (unpaired) electrons. The van der Waals surface area contributed by atoms with Gasteiger partial charge in [-0.05, 0) is 36.2 Å². The number of sulfonamides is 1. The number of anilines is 1. The molecule has 0 saturated carbocycles. The molecule has 1 aliphatic rings. The van der Waals surface area contributed by atoms with Crippen molar-refractivity contribution in [1.82, 2.24) is 15.0 Å². The summed E-state index contributed by atoms with van der Waals surface area (Å²) in [6.45, 7) is 1.85. The summed E-state index contributed by atoms with van der Waals surface area (Å²) >= 11 is 0. The highest BCUT2D eigenvalue weighted by atomic mass is 32.2. The van der Waals surface area contributed by atoms with Crippen LogP contribution in [0.5, 0.6) is 5.75 Å². The summed E-state index contributed by atoms with van der Waals surface area (Å²) in [5, 5.41) is 0. The van der Waals surface area contributed by atoms with Crippen molar-refractivity contribution in [3.05, 3.63) is 83.7 Å². The average molecular weight is 517 g/mol. The predicted molar refractivity (Wildman–Crippen MR) is 123 cm³/mol. The minimum absolute atomic E-state index is 0.0610. The smallest absolute Gasteiger partial charge is 0.416 e. The average Bonchev–Trinajstić information content (AvgIpc) is 3.29. The van der Waals surface area contributed by atoms with E-state index in [1.165, 1.54) is 36.9 Å². The number of halogens is 3. The van der Waals surface area contributed by atoms with Gasteiger partial charge in [-0.1, -0.05) is 12.1 Å². The molecule has 2 aromatic heterocycles. The molecule has 4 aromatic rings. The van der Waals surface area contributed by atoms with Crippen LogP contribution in [0.1, 0.15) is 34.9 Å². The zero-order valence-electron chi connectivity index (χ0n) is 18.8. The quantitative estimate of drug-likeness (QED) is 0.390. The largest absolute Gasteiger partial charge is 0.493 e. The van der Waals surface area contributed by atoms with Crippen molar-refractivity contribution in [3.63, 3.8) is 0 Å². The molecule has 0 saturated heterocycles. The fourth-order valence-corrected chi connectivity index (χ4v) is 5.11. The number of hydrogen-bond donors (Lipinski definition) is 1. The molecule has 186 valence electrons. The Morgan fingerprint density at radius 2 is 1.81 bits per heavy atom. The standard InChI is InChI=1S/C24H19F3N4O4S/c1-14-30-21(13-35-14)20-11-15(24(25,26)27)3-5-17(20)18-7-10-34-22-12-16(4-6-19(18)22)36(32,33)31-23-28-8-2-9-29-23/h2-6,8-9,11-13,18H,7,10H2,1H3,(H,28,29,31)/t18-/m1/s1. The van der Waals surface area contributed by atoms with Gasteiger partial charge in [-0.3, -0.25) is 0 Å². The second-order valence-corrected chi connectivity index (χ2v) is 9.80. The molecule has 1 N–H and O–H groups in total. The number of hydrogen-bond acceptors (Lipinski definition) is 7. The van der Waals surface area contributed by atoms with Crippen molar-refractivity contribution < 1.29 is 30.7 Å². The Hall–Kier alpha value is -3.93. The van der Waals surface area contributed by atoms with Crippen molar-refractivity contribution >= 4 is 16.0 Å². The Labute approximate surface area is 204 Å². The van der Waals surface area contributed by atoms with E-state index in [0.717, 1.165) is 12.1 Å². The second-order valence-electron chi connectivity index (χ2n) is 8.12. The fourth-order valence-electron chi connectivity index (χ4n) is 4.14. The van der Waals surface area contributed by atoms with Crippen LogP contribution in [-0.4, -0.2) is 30.0 Å². The minimum atomic E-state index is -4.53. The third kappa shape index (κ3) is 4.63. The van der Waals surface area contributed by atoms with E-state index in [4.69, 9.17) is 9.15 Å². The molecule has 0 amide bonds. The van der Waals surface area contributed by atoms with Crippen LogP contribution in [0.15, 0.2) is 70.4 Å². The SMILES string of the molecule is Cc1nc(-c2cc(C(F)(F)F)ccc2[C@H]2CCOc3cc(S(=O)(=O)Nc4ncccn4)ccc32)co1. The summed E-state index contributed by atoms with van der Waals surface area (Å²) in [6.07, 6.45) is 0.0805. The summed E-state index contributed by atoms with van der Waals surface area (Å²) in [4.78, 5) is 11.9. The Bertz CT molecular complexity index is 1520. The van der Waals surface area contributed by atoms with Crippen LogP contribution in [0.2, 0.25) is 0 Å². The molecule has 8 nitrogen and oxygen atoms in total. The molecular weight excluding hydrogens is 497 g/mol. The monoisotopic (exact) mass is 516 g/mol. The molecule has 1 aliphatic heterocycles. The van der Waals surface area contributed by atoms with E-state index in [1.807, 2.05) is 0 Å². The second kappa shape index (κ2) is 8.94. The van der Waals surface area contributed by atoms with E-state index in [9.17, 15) is 21.6 Å². The van der Waals surface area contributed by atoms with E-state index in [1.54, 1.807) is 19.1 Å². The first kappa shape index (κ1) is 23.8. The maximum absolute atomic E-state index is 13.5. The number of benzene rings is 2. The summed E-state index contributed by atoms with van der Waals surface area (Å²) in [7, 11) is -4.00. The summed E-state index contributed by atoms with van der Waals surface area (Å²) < 4.78 is 79.4. The van der Waals surface area contributed by atoms with Crippen molar-refractivity contribution in [3.8, 4) is 17.0 Å². The molecule has 3 heterocycles. The zero-order chi connectivity index (χ0) is 25.5. The van der Waals surface area contributed by atoms with Crippen LogP contribution in [0.4, 0.5) is 19.1 Å². The van der Waals surface area contributed by atoms with Crippen LogP contribution in [-0.2, 0) is 16.2 Å². The molecule has 0 spiro atoms. The lowest BCUT2D eigenvalue weighted by Gasteiger charge is -2.28.